The fourth-order valence-electron chi connectivity index (χ4n) is 4.26. The number of carbonyl (C=O) groups excluding carboxylic acids is 2. The van der Waals surface area contributed by atoms with Crippen LogP contribution in [0.4, 0.5) is 5.69 Å². The van der Waals surface area contributed by atoms with Crippen LogP contribution in [0.15, 0.2) is 72.8 Å². The van der Waals surface area contributed by atoms with E-state index in [1.54, 1.807) is 12.1 Å². The summed E-state index contributed by atoms with van der Waals surface area (Å²) in [5.41, 5.74) is 2.87. The highest BCUT2D eigenvalue weighted by atomic mass is 35.5. The van der Waals surface area contributed by atoms with E-state index in [0.29, 0.717) is 6.54 Å². The van der Waals surface area contributed by atoms with Crippen LogP contribution in [0, 0.1) is 6.92 Å². The lowest BCUT2D eigenvalue weighted by Crippen LogP contribution is -2.53. The van der Waals surface area contributed by atoms with Gasteiger partial charge in [0.25, 0.3) is 0 Å². The first kappa shape index (κ1) is 31.0. The van der Waals surface area contributed by atoms with Gasteiger partial charge in [0.2, 0.25) is 21.8 Å². The number of amides is 2. The SMILES string of the molecule is CCCNC(=O)[C@@H](Cc1ccccc1)N(Cc1ccc(C)cc1)C(=O)CN(c1cc(Cl)ccc1OC)S(C)(=O)=O. The molecule has 0 heterocycles. The molecule has 0 saturated heterocycles. The molecule has 0 unspecified atom stereocenters. The molecule has 0 aliphatic rings. The monoisotopic (exact) mass is 585 g/mol. The smallest absolute Gasteiger partial charge is 0.244 e. The largest absolute Gasteiger partial charge is 0.495 e. The Bertz CT molecular complexity index is 1400. The lowest BCUT2D eigenvalue weighted by Gasteiger charge is -2.33. The van der Waals surface area contributed by atoms with Gasteiger partial charge in [-0.2, -0.15) is 0 Å². The highest BCUT2D eigenvalue weighted by Gasteiger charge is 2.33. The van der Waals surface area contributed by atoms with Crippen molar-refractivity contribution in [3.8, 4) is 5.75 Å². The molecule has 0 spiro atoms. The second-order valence-electron chi connectivity index (χ2n) is 9.59. The van der Waals surface area contributed by atoms with Crippen molar-refractivity contribution < 1.29 is 22.7 Å². The Kier molecular flexibility index (Phi) is 11.0. The highest BCUT2D eigenvalue weighted by Crippen LogP contribution is 2.33. The molecule has 0 aromatic heterocycles. The molecule has 8 nitrogen and oxygen atoms in total. The Hall–Kier alpha value is -3.56. The number of hydrogen-bond donors (Lipinski definition) is 1. The number of aryl methyl sites for hydroxylation is 1. The van der Waals surface area contributed by atoms with Gasteiger partial charge in [-0.1, -0.05) is 78.7 Å². The molecular formula is C30H36ClN3O5S. The van der Waals surface area contributed by atoms with Crippen LogP contribution < -0.4 is 14.4 Å². The van der Waals surface area contributed by atoms with Crippen molar-refractivity contribution in [2.24, 2.45) is 0 Å². The quantitative estimate of drug-likeness (QED) is 0.317. The topological polar surface area (TPSA) is 96.0 Å². The van der Waals surface area contributed by atoms with Gasteiger partial charge in [-0.25, -0.2) is 8.42 Å². The summed E-state index contributed by atoms with van der Waals surface area (Å²) < 4.78 is 32.3. The van der Waals surface area contributed by atoms with E-state index >= 15 is 0 Å². The molecule has 0 fully saturated rings. The number of anilines is 1. The Balaban J connectivity index is 2.08. The zero-order valence-electron chi connectivity index (χ0n) is 23.3. The predicted octanol–water partition coefficient (Wildman–Crippen LogP) is 4.59. The van der Waals surface area contributed by atoms with E-state index in [1.165, 1.54) is 18.1 Å². The molecule has 1 N–H and O–H groups in total. The fraction of sp³-hybridized carbons (Fsp3) is 0.333. The molecule has 3 aromatic rings. The van der Waals surface area contributed by atoms with Gasteiger partial charge in [0.15, 0.2) is 0 Å². The maximum absolute atomic E-state index is 14.1. The summed E-state index contributed by atoms with van der Waals surface area (Å²) in [5.74, 6) is -0.604. The van der Waals surface area contributed by atoms with E-state index in [2.05, 4.69) is 5.32 Å². The van der Waals surface area contributed by atoms with E-state index in [-0.39, 0.29) is 35.3 Å². The second kappa shape index (κ2) is 14.2. The van der Waals surface area contributed by atoms with Gasteiger partial charge in [0, 0.05) is 24.5 Å². The van der Waals surface area contributed by atoms with Crippen molar-refractivity contribution in [2.75, 3.05) is 30.8 Å². The molecule has 2 amide bonds. The maximum atomic E-state index is 14.1. The number of nitrogens with one attached hydrogen (secondary N) is 1. The number of rotatable bonds is 13. The minimum atomic E-state index is -3.95. The number of sulfonamides is 1. The van der Waals surface area contributed by atoms with Crippen molar-refractivity contribution in [1.29, 1.82) is 0 Å². The molecule has 40 heavy (non-hydrogen) atoms. The maximum Gasteiger partial charge on any atom is 0.244 e. The average Bonchev–Trinajstić information content (AvgIpc) is 2.93. The molecule has 0 bridgehead atoms. The van der Waals surface area contributed by atoms with Gasteiger partial charge in [-0.3, -0.25) is 13.9 Å². The summed E-state index contributed by atoms with van der Waals surface area (Å²) in [6.45, 7) is 3.93. The van der Waals surface area contributed by atoms with Crippen LogP contribution in [0.2, 0.25) is 5.02 Å². The fourth-order valence-corrected chi connectivity index (χ4v) is 5.27. The third-order valence-corrected chi connectivity index (χ3v) is 7.74. The molecule has 214 valence electrons. The summed E-state index contributed by atoms with van der Waals surface area (Å²) in [4.78, 5) is 29.1. The lowest BCUT2D eigenvalue weighted by atomic mass is 10.0. The van der Waals surface area contributed by atoms with Crippen molar-refractivity contribution >= 4 is 39.1 Å². The first-order valence-electron chi connectivity index (χ1n) is 13.0. The molecule has 0 radical (unpaired) electrons. The third kappa shape index (κ3) is 8.47. The number of methoxy groups -OCH3 is 1. The van der Waals surface area contributed by atoms with Crippen LogP contribution in [-0.4, -0.2) is 57.6 Å². The molecule has 10 heteroatoms. The number of halogens is 1. The molecule has 0 aliphatic carbocycles. The Morgan fingerprint density at radius 2 is 1.68 bits per heavy atom. The van der Waals surface area contributed by atoms with Crippen molar-refractivity contribution in [3.63, 3.8) is 0 Å². The van der Waals surface area contributed by atoms with Gasteiger partial charge in [0.1, 0.15) is 18.3 Å². The normalized spacial score (nSPS) is 11.9. The van der Waals surface area contributed by atoms with Crippen LogP contribution in [0.25, 0.3) is 0 Å². The summed E-state index contributed by atoms with van der Waals surface area (Å²) in [5, 5.41) is 3.21. The first-order chi connectivity index (χ1) is 19.0. The Labute approximate surface area is 241 Å². The summed E-state index contributed by atoms with van der Waals surface area (Å²) >= 11 is 6.19. The molecule has 0 aliphatic heterocycles. The minimum absolute atomic E-state index is 0.112. The van der Waals surface area contributed by atoms with Gasteiger partial charge in [-0.15, -0.1) is 0 Å². The summed E-state index contributed by atoms with van der Waals surface area (Å²) in [7, 11) is -2.54. The second-order valence-corrected chi connectivity index (χ2v) is 11.9. The van der Waals surface area contributed by atoms with E-state index < -0.39 is 28.5 Å². The van der Waals surface area contributed by atoms with Crippen molar-refractivity contribution in [3.05, 3.63) is 94.5 Å². The number of benzene rings is 3. The Morgan fingerprint density at radius 3 is 2.27 bits per heavy atom. The van der Waals surface area contributed by atoms with Crippen molar-refractivity contribution in [1.82, 2.24) is 10.2 Å². The van der Waals surface area contributed by atoms with Crippen LogP contribution in [0.3, 0.4) is 0 Å². The average molecular weight is 586 g/mol. The molecule has 3 rings (SSSR count). The van der Waals surface area contributed by atoms with E-state index in [1.807, 2.05) is 68.4 Å². The number of hydrogen-bond acceptors (Lipinski definition) is 5. The molecule has 0 saturated carbocycles. The van der Waals surface area contributed by atoms with Gasteiger partial charge >= 0.3 is 0 Å². The van der Waals surface area contributed by atoms with Gasteiger partial charge < -0.3 is 15.0 Å². The number of ether oxygens (including phenoxy) is 1. The molecular weight excluding hydrogens is 550 g/mol. The summed E-state index contributed by atoms with van der Waals surface area (Å²) in [6, 6.07) is 20.8. The van der Waals surface area contributed by atoms with Crippen molar-refractivity contribution in [2.45, 2.75) is 39.3 Å². The molecule has 1 atom stereocenters. The van der Waals surface area contributed by atoms with Gasteiger partial charge in [-0.05, 0) is 42.7 Å². The third-order valence-electron chi connectivity index (χ3n) is 6.38. The van der Waals surface area contributed by atoms with Crippen LogP contribution in [-0.2, 0) is 32.6 Å². The van der Waals surface area contributed by atoms with E-state index in [4.69, 9.17) is 16.3 Å². The first-order valence-corrected chi connectivity index (χ1v) is 15.2. The van der Waals surface area contributed by atoms with Gasteiger partial charge in [0.05, 0.1) is 19.1 Å². The van der Waals surface area contributed by atoms with Crippen LogP contribution in [0.5, 0.6) is 5.75 Å². The Morgan fingerprint density at radius 1 is 1.00 bits per heavy atom. The number of nitrogens with zero attached hydrogens (tertiary/aromatic N) is 2. The number of carbonyl (C=O) groups is 2. The zero-order chi connectivity index (χ0) is 29.3. The highest BCUT2D eigenvalue weighted by molar-refractivity contribution is 7.92. The van der Waals surface area contributed by atoms with Crippen LogP contribution >= 0.6 is 11.6 Å². The molecule has 3 aromatic carbocycles. The zero-order valence-corrected chi connectivity index (χ0v) is 24.8. The standard InChI is InChI=1S/C30H36ClN3O5S/c1-5-17-32-30(36)27(18-23-9-7-6-8-10-23)33(20-24-13-11-22(2)12-14-24)29(35)21-34(40(4,37)38)26-19-25(31)15-16-28(26)39-3/h6-16,19,27H,5,17-18,20-21H2,1-4H3,(H,32,36)/t27-/m1/s1. The van der Waals surface area contributed by atoms with E-state index in [9.17, 15) is 18.0 Å². The van der Waals surface area contributed by atoms with E-state index in [0.717, 1.165) is 33.7 Å². The lowest BCUT2D eigenvalue weighted by molar-refractivity contribution is -0.140. The minimum Gasteiger partial charge on any atom is -0.495 e. The van der Waals surface area contributed by atoms with Crippen LogP contribution in [0.1, 0.15) is 30.0 Å². The summed E-state index contributed by atoms with van der Waals surface area (Å²) in [6.07, 6.45) is 2.00. The predicted molar refractivity (Wildman–Crippen MR) is 159 cm³/mol.